The number of nitrogens with one attached hydrogen (secondary N) is 1. The summed E-state index contributed by atoms with van der Waals surface area (Å²) in [4.78, 5) is 13.0. The van der Waals surface area contributed by atoms with Crippen LogP contribution in [0.25, 0.3) is 0 Å². The van der Waals surface area contributed by atoms with Crippen molar-refractivity contribution in [3.05, 3.63) is 34.8 Å². The first-order valence-electron chi connectivity index (χ1n) is 7.88. The summed E-state index contributed by atoms with van der Waals surface area (Å²) in [5.74, 6) is 0.736. The molecule has 24 heavy (non-hydrogen) atoms. The Morgan fingerprint density at radius 2 is 2.00 bits per heavy atom. The highest BCUT2D eigenvalue weighted by Gasteiger charge is 2.20. The van der Waals surface area contributed by atoms with Crippen molar-refractivity contribution in [1.82, 2.24) is 14.9 Å². The highest BCUT2D eigenvalue weighted by atomic mass is 79.9. The fourth-order valence-corrected chi connectivity index (χ4v) is 3.07. The lowest BCUT2D eigenvalue weighted by atomic mass is 10.2. The van der Waals surface area contributed by atoms with Crippen molar-refractivity contribution >= 4 is 38.9 Å². The monoisotopic (exact) mass is 394 g/mol. The van der Waals surface area contributed by atoms with Crippen LogP contribution >= 0.6 is 15.9 Å². The minimum absolute atomic E-state index is 0.324. The van der Waals surface area contributed by atoms with Gasteiger partial charge in [0, 0.05) is 30.7 Å². The van der Waals surface area contributed by atoms with E-state index in [0.717, 1.165) is 32.7 Å². The molecule has 0 spiro atoms. The molecule has 2 aromatic rings. The number of nitrogen functional groups attached to an aromatic ring is 1. The second-order valence-electron chi connectivity index (χ2n) is 5.63. The average Bonchev–Trinajstić information content (AvgIpc) is 2.59. The molecule has 6 nitrogen and oxygen atoms in total. The molecule has 1 aromatic heterocycles. The summed E-state index contributed by atoms with van der Waals surface area (Å²) in [7, 11) is 0. The lowest BCUT2D eigenvalue weighted by Crippen LogP contribution is -2.46. The van der Waals surface area contributed by atoms with Gasteiger partial charge in [-0.05, 0) is 24.7 Å². The topological polar surface area (TPSA) is 70.3 Å². The molecule has 0 amide bonds. The summed E-state index contributed by atoms with van der Waals surface area (Å²) in [6, 6.07) is 4.79. The van der Waals surface area contributed by atoms with E-state index < -0.39 is 0 Å². The van der Waals surface area contributed by atoms with Gasteiger partial charge in [-0.1, -0.05) is 22.9 Å². The first-order valence-corrected chi connectivity index (χ1v) is 8.67. The Hall–Kier alpha value is -1.93. The Bertz CT molecular complexity index is 718. The zero-order valence-corrected chi connectivity index (χ0v) is 15.1. The van der Waals surface area contributed by atoms with Crippen molar-refractivity contribution in [3.8, 4) is 0 Å². The molecule has 3 rings (SSSR count). The van der Waals surface area contributed by atoms with Crippen molar-refractivity contribution in [3.63, 3.8) is 0 Å². The van der Waals surface area contributed by atoms with Crippen LogP contribution in [0.4, 0.5) is 27.4 Å². The molecule has 0 aliphatic carbocycles. The van der Waals surface area contributed by atoms with Gasteiger partial charge in [0.05, 0.1) is 5.69 Å². The summed E-state index contributed by atoms with van der Waals surface area (Å²) in [6.07, 6.45) is 1.46. The SMILES string of the molecule is CCN1CCN(c2ncnc(Nc3ccc(Br)cc3F)c2N)CC1. The number of hydrogen-bond acceptors (Lipinski definition) is 6. The molecule has 0 bridgehead atoms. The molecule has 2 heterocycles. The Morgan fingerprint density at radius 1 is 1.25 bits per heavy atom. The number of halogens is 2. The van der Waals surface area contributed by atoms with Crippen LogP contribution in [0.5, 0.6) is 0 Å². The van der Waals surface area contributed by atoms with Crippen LogP contribution in [0.2, 0.25) is 0 Å². The molecular weight excluding hydrogens is 375 g/mol. The van der Waals surface area contributed by atoms with Gasteiger partial charge in [0.2, 0.25) is 0 Å². The Kier molecular flexibility index (Phi) is 5.15. The quantitative estimate of drug-likeness (QED) is 0.830. The summed E-state index contributed by atoms with van der Waals surface area (Å²) in [6.45, 7) is 6.88. The minimum Gasteiger partial charge on any atom is -0.393 e. The highest BCUT2D eigenvalue weighted by molar-refractivity contribution is 9.10. The predicted molar refractivity (Wildman–Crippen MR) is 98.2 cm³/mol. The summed E-state index contributed by atoms with van der Waals surface area (Å²) in [5, 5.41) is 2.96. The maximum Gasteiger partial charge on any atom is 0.159 e. The van der Waals surface area contributed by atoms with E-state index in [1.165, 1.54) is 12.4 Å². The molecule has 0 saturated carbocycles. The van der Waals surface area contributed by atoms with Crippen LogP contribution in [0.15, 0.2) is 29.0 Å². The number of hydrogen-bond donors (Lipinski definition) is 2. The van der Waals surface area contributed by atoms with Gasteiger partial charge in [-0.3, -0.25) is 0 Å². The molecule has 1 aromatic carbocycles. The molecule has 1 fully saturated rings. The Labute approximate surface area is 149 Å². The van der Waals surface area contributed by atoms with Crippen molar-refractivity contribution in [2.75, 3.05) is 48.7 Å². The predicted octanol–water partition coefficient (Wildman–Crippen LogP) is 2.85. The number of anilines is 4. The standard InChI is InChI=1S/C16H20BrFN6/c1-2-23-5-7-24(8-6-23)16-14(19)15(20-10-21-16)22-13-4-3-11(17)9-12(13)18/h3-4,9-10H,2,5-8,19H2,1H3,(H,20,21,22). The molecule has 1 aliphatic rings. The van der Waals surface area contributed by atoms with Crippen LogP contribution in [0, 0.1) is 5.82 Å². The third-order valence-corrected chi connectivity index (χ3v) is 4.66. The van der Waals surface area contributed by atoms with Crippen LogP contribution < -0.4 is 16.0 Å². The van der Waals surface area contributed by atoms with Crippen molar-refractivity contribution in [2.24, 2.45) is 0 Å². The van der Waals surface area contributed by atoms with Gasteiger partial charge in [0.25, 0.3) is 0 Å². The van der Waals surface area contributed by atoms with E-state index in [-0.39, 0.29) is 5.82 Å². The minimum atomic E-state index is -0.375. The van der Waals surface area contributed by atoms with Gasteiger partial charge in [0.1, 0.15) is 17.8 Å². The zero-order valence-electron chi connectivity index (χ0n) is 13.5. The molecule has 1 aliphatic heterocycles. The van der Waals surface area contributed by atoms with Gasteiger partial charge in [0.15, 0.2) is 11.6 Å². The number of piperazine rings is 1. The van der Waals surface area contributed by atoms with Gasteiger partial charge < -0.3 is 20.9 Å². The molecule has 3 N–H and O–H groups in total. The maximum absolute atomic E-state index is 14.0. The number of rotatable bonds is 4. The second-order valence-corrected chi connectivity index (χ2v) is 6.55. The molecule has 1 saturated heterocycles. The first-order chi connectivity index (χ1) is 11.6. The normalized spacial score (nSPS) is 15.5. The van der Waals surface area contributed by atoms with E-state index in [1.807, 2.05) is 0 Å². The first kappa shape index (κ1) is 16.9. The van der Waals surface area contributed by atoms with E-state index >= 15 is 0 Å². The van der Waals surface area contributed by atoms with Gasteiger partial charge in [-0.15, -0.1) is 0 Å². The smallest absolute Gasteiger partial charge is 0.159 e. The van der Waals surface area contributed by atoms with Crippen molar-refractivity contribution in [2.45, 2.75) is 6.92 Å². The van der Waals surface area contributed by atoms with Gasteiger partial charge in [-0.2, -0.15) is 0 Å². The van der Waals surface area contributed by atoms with E-state index in [2.05, 4.69) is 47.9 Å². The van der Waals surface area contributed by atoms with Crippen molar-refractivity contribution < 1.29 is 4.39 Å². The highest BCUT2D eigenvalue weighted by Crippen LogP contribution is 2.30. The summed E-state index contributed by atoms with van der Waals surface area (Å²) in [5.41, 5.74) is 6.99. The molecule has 8 heteroatoms. The largest absolute Gasteiger partial charge is 0.393 e. The van der Waals surface area contributed by atoms with Crippen LogP contribution in [0.1, 0.15) is 6.92 Å². The summed E-state index contributed by atoms with van der Waals surface area (Å²) >= 11 is 3.24. The number of benzene rings is 1. The number of likely N-dealkylation sites (N-methyl/N-ethyl adjacent to an activating group) is 1. The number of nitrogens with zero attached hydrogens (tertiary/aromatic N) is 4. The van der Waals surface area contributed by atoms with E-state index in [0.29, 0.717) is 27.5 Å². The second kappa shape index (κ2) is 7.31. The third kappa shape index (κ3) is 3.59. The van der Waals surface area contributed by atoms with E-state index in [9.17, 15) is 4.39 Å². The third-order valence-electron chi connectivity index (χ3n) is 4.17. The number of nitrogens with two attached hydrogens (primary N) is 1. The Balaban J connectivity index is 1.81. The average molecular weight is 395 g/mol. The van der Waals surface area contributed by atoms with Crippen LogP contribution in [-0.4, -0.2) is 47.6 Å². The van der Waals surface area contributed by atoms with Crippen molar-refractivity contribution in [1.29, 1.82) is 0 Å². The molecule has 128 valence electrons. The van der Waals surface area contributed by atoms with Crippen LogP contribution in [0.3, 0.4) is 0 Å². The van der Waals surface area contributed by atoms with Gasteiger partial charge in [-0.25, -0.2) is 14.4 Å². The van der Waals surface area contributed by atoms with E-state index in [4.69, 9.17) is 5.73 Å². The molecule has 0 radical (unpaired) electrons. The fraction of sp³-hybridized carbons (Fsp3) is 0.375. The lowest BCUT2D eigenvalue weighted by molar-refractivity contribution is 0.270. The number of aromatic nitrogens is 2. The van der Waals surface area contributed by atoms with Gasteiger partial charge >= 0.3 is 0 Å². The maximum atomic E-state index is 14.0. The van der Waals surface area contributed by atoms with E-state index in [1.54, 1.807) is 12.1 Å². The Morgan fingerprint density at radius 3 is 2.67 bits per heavy atom. The molecule has 0 unspecified atom stereocenters. The molecule has 0 atom stereocenters. The summed E-state index contributed by atoms with van der Waals surface area (Å²) < 4.78 is 14.7. The molecular formula is C16H20BrFN6. The zero-order chi connectivity index (χ0) is 17.1. The fourth-order valence-electron chi connectivity index (χ4n) is 2.73. The lowest BCUT2D eigenvalue weighted by Gasteiger charge is -2.35. The van der Waals surface area contributed by atoms with Crippen LogP contribution in [-0.2, 0) is 0 Å².